The molecule has 0 radical (unpaired) electrons. The summed E-state index contributed by atoms with van der Waals surface area (Å²) in [7, 11) is 1.53. The number of hydrogen-bond acceptors (Lipinski definition) is 4. The van der Waals surface area contributed by atoms with Crippen molar-refractivity contribution in [2.45, 2.75) is 6.42 Å². The Kier molecular flexibility index (Phi) is 5.34. The number of benzene rings is 1. The smallest absolute Gasteiger partial charge is 0.251 e. The molecule has 0 saturated carbocycles. The van der Waals surface area contributed by atoms with Crippen molar-refractivity contribution in [3.8, 4) is 0 Å². The van der Waals surface area contributed by atoms with Crippen LogP contribution >= 0.6 is 0 Å². The molecule has 0 aliphatic rings. The average Bonchev–Trinajstić information content (AvgIpc) is 2.46. The Bertz CT molecular complexity index is 500. The van der Waals surface area contributed by atoms with E-state index in [9.17, 15) is 9.59 Å². The Balaban J connectivity index is 2.65. The fourth-order valence-electron chi connectivity index (χ4n) is 1.39. The summed E-state index contributed by atoms with van der Waals surface area (Å²) in [6.45, 7) is 0.242. The van der Waals surface area contributed by atoms with E-state index in [0.29, 0.717) is 11.1 Å². The molecular formula is C12H16N4O3. The minimum atomic E-state index is -0.323. The molecule has 7 heteroatoms. The van der Waals surface area contributed by atoms with Crippen LogP contribution in [0.5, 0.6) is 0 Å². The number of nitrogens with one attached hydrogen (secondary N) is 2. The van der Waals surface area contributed by atoms with Crippen molar-refractivity contribution in [2.75, 3.05) is 13.6 Å². The van der Waals surface area contributed by atoms with Crippen LogP contribution in [0.4, 0.5) is 0 Å². The Hall–Kier alpha value is -2.57. The highest BCUT2D eigenvalue weighted by atomic mass is 16.4. The minimum Gasteiger partial charge on any atom is -0.409 e. The molecule has 0 fully saturated rings. The monoisotopic (exact) mass is 264 g/mol. The van der Waals surface area contributed by atoms with Gasteiger partial charge in [0.25, 0.3) is 5.91 Å². The van der Waals surface area contributed by atoms with Crippen molar-refractivity contribution >= 4 is 17.6 Å². The van der Waals surface area contributed by atoms with Crippen LogP contribution in [0, 0.1) is 0 Å². The van der Waals surface area contributed by atoms with Crippen LogP contribution in [0.1, 0.15) is 22.3 Å². The third-order valence-corrected chi connectivity index (χ3v) is 2.44. The lowest BCUT2D eigenvalue weighted by Crippen LogP contribution is -2.29. The molecule has 1 rings (SSSR count). The number of oxime groups is 1. The SMILES string of the molecule is CNC(=O)CCNC(=O)c1cccc(C(N)=NO)c1. The molecule has 0 atom stereocenters. The Morgan fingerprint density at radius 3 is 2.68 bits per heavy atom. The van der Waals surface area contributed by atoms with E-state index < -0.39 is 0 Å². The molecule has 19 heavy (non-hydrogen) atoms. The van der Waals surface area contributed by atoms with Crippen molar-refractivity contribution in [1.82, 2.24) is 10.6 Å². The zero-order chi connectivity index (χ0) is 14.3. The fraction of sp³-hybridized carbons (Fsp3) is 0.250. The molecule has 0 aliphatic carbocycles. The first-order valence-electron chi connectivity index (χ1n) is 5.65. The number of nitrogens with two attached hydrogens (primary N) is 1. The van der Waals surface area contributed by atoms with Gasteiger partial charge in [0.1, 0.15) is 0 Å². The first-order chi connectivity index (χ1) is 9.08. The van der Waals surface area contributed by atoms with E-state index in [1.54, 1.807) is 18.2 Å². The number of carbonyl (C=O) groups excluding carboxylic acids is 2. The van der Waals surface area contributed by atoms with E-state index in [2.05, 4.69) is 15.8 Å². The van der Waals surface area contributed by atoms with Crippen LogP contribution < -0.4 is 16.4 Å². The molecule has 0 spiro atoms. The molecule has 1 aromatic carbocycles. The fourth-order valence-corrected chi connectivity index (χ4v) is 1.39. The maximum absolute atomic E-state index is 11.8. The van der Waals surface area contributed by atoms with Crippen LogP contribution in [-0.2, 0) is 4.79 Å². The predicted molar refractivity (Wildman–Crippen MR) is 70.0 cm³/mol. The summed E-state index contributed by atoms with van der Waals surface area (Å²) in [6.07, 6.45) is 0.210. The first-order valence-corrected chi connectivity index (χ1v) is 5.65. The summed E-state index contributed by atoms with van der Waals surface area (Å²) in [5.41, 5.74) is 6.26. The Morgan fingerprint density at radius 2 is 2.05 bits per heavy atom. The molecule has 2 amide bonds. The molecule has 0 heterocycles. The van der Waals surface area contributed by atoms with Crippen LogP contribution in [-0.4, -0.2) is 36.4 Å². The van der Waals surface area contributed by atoms with E-state index in [-0.39, 0.29) is 30.6 Å². The molecule has 102 valence electrons. The molecule has 0 bridgehead atoms. The van der Waals surface area contributed by atoms with Gasteiger partial charge in [0.15, 0.2) is 5.84 Å². The van der Waals surface area contributed by atoms with E-state index in [4.69, 9.17) is 10.9 Å². The van der Waals surface area contributed by atoms with Gasteiger partial charge in [-0.15, -0.1) is 0 Å². The second-order valence-electron chi connectivity index (χ2n) is 3.75. The number of amides is 2. The number of amidine groups is 1. The molecule has 1 aromatic rings. The molecule has 0 saturated heterocycles. The summed E-state index contributed by atoms with van der Waals surface area (Å²) in [6, 6.07) is 6.35. The summed E-state index contributed by atoms with van der Waals surface area (Å²) in [4.78, 5) is 22.8. The molecular weight excluding hydrogens is 248 g/mol. The predicted octanol–water partition coefficient (Wildman–Crippen LogP) is -0.353. The molecule has 0 aromatic heterocycles. The number of rotatable bonds is 5. The first kappa shape index (κ1) is 14.5. The Morgan fingerprint density at radius 1 is 1.37 bits per heavy atom. The maximum Gasteiger partial charge on any atom is 0.251 e. The van der Waals surface area contributed by atoms with Crippen molar-refractivity contribution < 1.29 is 14.8 Å². The summed E-state index contributed by atoms with van der Waals surface area (Å²) < 4.78 is 0. The van der Waals surface area contributed by atoms with Crippen LogP contribution in [0.25, 0.3) is 0 Å². The second-order valence-corrected chi connectivity index (χ2v) is 3.75. The summed E-state index contributed by atoms with van der Waals surface area (Å²) in [5, 5.41) is 16.5. The summed E-state index contributed by atoms with van der Waals surface area (Å²) in [5.74, 6) is -0.540. The highest BCUT2D eigenvalue weighted by Gasteiger charge is 2.08. The zero-order valence-electron chi connectivity index (χ0n) is 10.5. The molecule has 5 N–H and O–H groups in total. The van der Waals surface area contributed by atoms with Gasteiger partial charge in [0, 0.05) is 31.1 Å². The van der Waals surface area contributed by atoms with Crippen molar-refractivity contribution in [1.29, 1.82) is 0 Å². The maximum atomic E-state index is 11.8. The lowest BCUT2D eigenvalue weighted by atomic mass is 10.1. The van der Waals surface area contributed by atoms with Gasteiger partial charge in [-0.25, -0.2) is 0 Å². The zero-order valence-corrected chi connectivity index (χ0v) is 10.5. The van der Waals surface area contributed by atoms with Gasteiger partial charge < -0.3 is 21.6 Å². The van der Waals surface area contributed by atoms with Gasteiger partial charge in [-0.1, -0.05) is 17.3 Å². The van der Waals surface area contributed by atoms with Crippen molar-refractivity contribution in [3.05, 3.63) is 35.4 Å². The molecule has 7 nitrogen and oxygen atoms in total. The van der Waals surface area contributed by atoms with E-state index in [1.165, 1.54) is 13.1 Å². The highest BCUT2D eigenvalue weighted by molar-refractivity contribution is 6.01. The van der Waals surface area contributed by atoms with Gasteiger partial charge in [-0.05, 0) is 12.1 Å². The largest absolute Gasteiger partial charge is 0.409 e. The lowest BCUT2D eigenvalue weighted by molar-refractivity contribution is -0.120. The second kappa shape index (κ2) is 7.00. The number of nitrogens with zero attached hydrogens (tertiary/aromatic N) is 1. The van der Waals surface area contributed by atoms with E-state index in [0.717, 1.165) is 0 Å². The third kappa shape index (κ3) is 4.30. The quantitative estimate of drug-likeness (QED) is 0.251. The van der Waals surface area contributed by atoms with E-state index in [1.807, 2.05) is 0 Å². The number of carbonyl (C=O) groups is 2. The van der Waals surface area contributed by atoms with Crippen molar-refractivity contribution in [2.24, 2.45) is 10.9 Å². The summed E-state index contributed by atoms with van der Waals surface area (Å²) >= 11 is 0. The van der Waals surface area contributed by atoms with Gasteiger partial charge in [-0.3, -0.25) is 9.59 Å². The van der Waals surface area contributed by atoms with E-state index >= 15 is 0 Å². The highest BCUT2D eigenvalue weighted by Crippen LogP contribution is 2.05. The minimum absolute atomic E-state index is 0.0694. The van der Waals surface area contributed by atoms with Gasteiger partial charge in [0.05, 0.1) is 0 Å². The van der Waals surface area contributed by atoms with Gasteiger partial charge >= 0.3 is 0 Å². The molecule has 0 unspecified atom stereocenters. The topological polar surface area (TPSA) is 117 Å². The Labute approximate surface area is 110 Å². The lowest BCUT2D eigenvalue weighted by Gasteiger charge is -2.06. The standard InChI is InChI=1S/C12H16N4O3/c1-14-10(17)5-6-15-12(18)9-4-2-3-8(7-9)11(13)16-19/h2-4,7,19H,5-6H2,1H3,(H2,13,16)(H,14,17)(H,15,18). The average molecular weight is 264 g/mol. The van der Waals surface area contributed by atoms with Crippen LogP contribution in [0.15, 0.2) is 29.4 Å². The molecule has 0 aliphatic heterocycles. The van der Waals surface area contributed by atoms with Gasteiger partial charge in [-0.2, -0.15) is 0 Å². The van der Waals surface area contributed by atoms with Crippen molar-refractivity contribution in [3.63, 3.8) is 0 Å². The van der Waals surface area contributed by atoms with Crippen LogP contribution in [0.3, 0.4) is 0 Å². The van der Waals surface area contributed by atoms with Crippen LogP contribution in [0.2, 0.25) is 0 Å². The normalized spacial score (nSPS) is 10.9. The third-order valence-electron chi connectivity index (χ3n) is 2.44. The number of hydrogen-bond donors (Lipinski definition) is 4. The van der Waals surface area contributed by atoms with Gasteiger partial charge in [0.2, 0.25) is 5.91 Å².